The fourth-order valence-corrected chi connectivity index (χ4v) is 5.26. The van der Waals surface area contributed by atoms with Crippen molar-refractivity contribution in [2.45, 2.75) is 63.7 Å². The number of aliphatic imine (C=N–C) groups is 1. The first-order valence-corrected chi connectivity index (χ1v) is 11.1. The van der Waals surface area contributed by atoms with Crippen LogP contribution in [-0.4, -0.2) is 45.8 Å². The van der Waals surface area contributed by atoms with Crippen molar-refractivity contribution in [3.05, 3.63) is 16.1 Å². The maximum atomic E-state index is 12.1. The molecule has 1 aromatic rings. The number of hydrogen-bond donors (Lipinski definition) is 2. The highest BCUT2D eigenvalue weighted by Gasteiger charge is 2.25. The lowest BCUT2D eigenvalue weighted by Gasteiger charge is -2.30. The molecule has 2 N–H and O–H groups in total. The second-order valence-corrected chi connectivity index (χ2v) is 9.33. The molecule has 0 bridgehead atoms. The fraction of sp³-hybridized carbons (Fsp3) is 0.765. The number of guanidine groups is 1. The topological polar surface area (TPSA) is 66.4 Å². The molecule has 0 spiro atoms. The van der Waals surface area contributed by atoms with Crippen LogP contribution in [0.15, 0.2) is 11.2 Å². The van der Waals surface area contributed by atoms with Gasteiger partial charge in [-0.1, -0.05) is 20.3 Å². The molecule has 0 saturated heterocycles. The van der Waals surface area contributed by atoms with Crippen LogP contribution in [0.1, 0.15) is 49.4 Å². The van der Waals surface area contributed by atoms with E-state index in [2.05, 4.69) is 27.5 Å². The van der Waals surface area contributed by atoms with Crippen molar-refractivity contribution in [1.29, 1.82) is 0 Å². The Hall–Kier alpha value is -0.950. The Labute approximate surface area is 152 Å². The molecule has 1 fully saturated rings. The summed E-state index contributed by atoms with van der Waals surface area (Å²) in [6, 6.07) is 0.372. The average molecular weight is 371 g/mol. The van der Waals surface area contributed by atoms with Gasteiger partial charge < -0.3 is 10.6 Å². The molecule has 136 valence electrons. The number of nitrogens with zero attached hydrogens (tertiary/aromatic N) is 2. The van der Waals surface area contributed by atoms with Crippen LogP contribution in [0, 0.1) is 0 Å². The van der Waals surface area contributed by atoms with E-state index in [0.717, 1.165) is 56.8 Å². The molecule has 1 aliphatic carbocycles. The second-order valence-electron chi connectivity index (χ2n) is 6.12. The Kier molecular flexibility index (Phi) is 8.18. The molecule has 3 unspecified atom stereocenters. The lowest BCUT2D eigenvalue weighted by atomic mass is 9.95. The molecule has 2 rings (SSSR count). The zero-order valence-corrected chi connectivity index (χ0v) is 16.6. The molecule has 1 saturated carbocycles. The summed E-state index contributed by atoms with van der Waals surface area (Å²) in [5.41, 5.74) is 0. The molecule has 0 aliphatic heterocycles. The maximum Gasteiger partial charge on any atom is 0.191 e. The van der Waals surface area contributed by atoms with Gasteiger partial charge >= 0.3 is 0 Å². The van der Waals surface area contributed by atoms with E-state index in [9.17, 15) is 4.21 Å². The third-order valence-corrected chi connectivity index (χ3v) is 7.37. The predicted molar refractivity (Wildman–Crippen MR) is 104 cm³/mol. The van der Waals surface area contributed by atoms with Crippen LogP contribution in [0.4, 0.5) is 0 Å². The second kappa shape index (κ2) is 10.1. The minimum Gasteiger partial charge on any atom is -0.356 e. The van der Waals surface area contributed by atoms with Gasteiger partial charge in [0.15, 0.2) is 5.96 Å². The van der Waals surface area contributed by atoms with Gasteiger partial charge in [-0.3, -0.25) is 9.20 Å². The third-order valence-electron chi connectivity index (χ3n) is 4.43. The SMILES string of the molecule is CCc1cnc(CCNC(=NC)NC2CCCC(S(=O)CC)C2)s1. The number of aromatic nitrogens is 1. The summed E-state index contributed by atoms with van der Waals surface area (Å²) in [6.07, 6.45) is 8.29. The van der Waals surface area contributed by atoms with E-state index in [1.54, 1.807) is 18.4 Å². The molecule has 3 atom stereocenters. The predicted octanol–water partition coefficient (Wildman–Crippen LogP) is 2.49. The van der Waals surface area contributed by atoms with Gasteiger partial charge in [-0.25, -0.2) is 4.98 Å². The normalized spacial score (nSPS) is 23.0. The minimum atomic E-state index is -0.687. The average Bonchev–Trinajstić information content (AvgIpc) is 3.08. The van der Waals surface area contributed by atoms with E-state index in [0.29, 0.717) is 11.3 Å². The molecular weight excluding hydrogens is 340 g/mol. The van der Waals surface area contributed by atoms with Crippen molar-refractivity contribution >= 4 is 28.1 Å². The third kappa shape index (κ3) is 5.84. The van der Waals surface area contributed by atoms with E-state index in [1.807, 2.05) is 13.1 Å². The molecule has 24 heavy (non-hydrogen) atoms. The lowest BCUT2D eigenvalue weighted by Crippen LogP contribution is -2.47. The molecule has 1 heterocycles. The van der Waals surface area contributed by atoms with Gasteiger partial charge in [0.05, 0.1) is 5.01 Å². The smallest absolute Gasteiger partial charge is 0.191 e. The van der Waals surface area contributed by atoms with Crippen LogP contribution in [0.25, 0.3) is 0 Å². The van der Waals surface area contributed by atoms with Gasteiger partial charge in [-0.15, -0.1) is 11.3 Å². The monoisotopic (exact) mass is 370 g/mol. The molecular formula is C17H30N4OS2. The summed E-state index contributed by atoms with van der Waals surface area (Å²) in [6.45, 7) is 4.99. The van der Waals surface area contributed by atoms with Gasteiger partial charge in [0, 0.05) is 58.9 Å². The zero-order valence-electron chi connectivity index (χ0n) is 15.0. The standard InChI is InChI=1S/C17H30N4OS2/c1-4-14-12-20-16(23-14)9-10-19-17(18-3)21-13-7-6-8-15(11-13)24(22)5-2/h12-13,15H,4-11H2,1-3H3,(H2,18,19,21). The number of aryl methyl sites for hydroxylation is 1. The van der Waals surface area contributed by atoms with Gasteiger partial charge in [-0.05, 0) is 25.7 Å². The van der Waals surface area contributed by atoms with Crippen molar-refractivity contribution in [1.82, 2.24) is 15.6 Å². The van der Waals surface area contributed by atoms with Gasteiger partial charge in [0.2, 0.25) is 0 Å². The number of hydrogen-bond acceptors (Lipinski definition) is 4. The first-order valence-electron chi connectivity index (χ1n) is 8.94. The Morgan fingerprint density at radius 2 is 2.29 bits per heavy atom. The summed E-state index contributed by atoms with van der Waals surface area (Å²) < 4.78 is 12.1. The summed E-state index contributed by atoms with van der Waals surface area (Å²) in [4.78, 5) is 10.1. The highest BCUT2D eigenvalue weighted by Crippen LogP contribution is 2.23. The Balaban J connectivity index is 1.76. The van der Waals surface area contributed by atoms with Crippen LogP contribution in [0.3, 0.4) is 0 Å². The van der Waals surface area contributed by atoms with E-state index in [4.69, 9.17) is 0 Å². The highest BCUT2D eigenvalue weighted by atomic mass is 32.2. The van der Waals surface area contributed by atoms with Gasteiger partial charge in [0.25, 0.3) is 0 Å². The van der Waals surface area contributed by atoms with Crippen molar-refractivity contribution in [2.24, 2.45) is 4.99 Å². The molecule has 0 aromatic carbocycles. The van der Waals surface area contributed by atoms with E-state index in [-0.39, 0.29) is 0 Å². The lowest BCUT2D eigenvalue weighted by molar-refractivity contribution is 0.413. The van der Waals surface area contributed by atoms with Crippen molar-refractivity contribution in [3.8, 4) is 0 Å². The van der Waals surface area contributed by atoms with Crippen LogP contribution in [0.2, 0.25) is 0 Å². The largest absolute Gasteiger partial charge is 0.356 e. The van der Waals surface area contributed by atoms with Crippen molar-refractivity contribution < 1.29 is 4.21 Å². The number of nitrogens with one attached hydrogen (secondary N) is 2. The Morgan fingerprint density at radius 1 is 1.46 bits per heavy atom. The molecule has 0 amide bonds. The highest BCUT2D eigenvalue weighted by molar-refractivity contribution is 7.85. The quantitative estimate of drug-likeness (QED) is 0.572. The first kappa shape index (κ1) is 19.4. The van der Waals surface area contributed by atoms with Crippen LogP contribution in [0.5, 0.6) is 0 Å². The van der Waals surface area contributed by atoms with Crippen molar-refractivity contribution in [3.63, 3.8) is 0 Å². The summed E-state index contributed by atoms with van der Waals surface area (Å²) in [7, 11) is 1.12. The number of thiazole rings is 1. The first-order chi connectivity index (χ1) is 11.7. The Morgan fingerprint density at radius 3 is 2.96 bits per heavy atom. The van der Waals surface area contributed by atoms with Gasteiger partial charge in [-0.2, -0.15) is 0 Å². The molecule has 5 nitrogen and oxygen atoms in total. The van der Waals surface area contributed by atoms with E-state index < -0.39 is 10.8 Å². The summed E-state index contributed by atoms with van der Waals surface area (Å²) in [5, 5.41) is 8.39. The molecule has 1 aromatic heterocycles. The van der Waals surface area contributed by atoms with E-state index >= 15 is 0 Å². The summed E-state index contributed by atoms with van der Waals surface area (Å²) in [5.74, 6) is 1.60. The minimum absolute atomic E-state index is 0.335. The Bertz CT molecular complexity index is 559. The number of rotatable bonds is 7. The van der Waals surface area contributed by atoms with Gasteiger partial charge in [0.1, 0.15) is 0 Å². The van der Waals surface area contributed by atoms with Crippen molar-refractivity contribution in [2.75, 3.05) is 19.3 Å². The van der Waals surface area contributed by atoms with Crippen LogP contribution in [-0.2, 0) is 23.6 Å². The molecule has 0 radical (unpaired) electrons. The van der Waals surface area contributed by atoms with E-state index in [1.165, 1.54) is 9.88 Å². The summed E-state index contributed by atoms with van der Waals surface area (Å²) >= 11 is 1.79. The fourth-order valence-electron chi connectivity index (χ4n) is 3.05. The van der Waals surface area contributed by atoms with Crippen LogP contribution < -0.4 is 10.6 Å². The van der Waals surface area contributed by atoms with Crippen LogP contribution >= 0.6 is 11.3 Å². The zero-order chi connectivity index (χ0) is 17.4. The molecule has 7 heteroatoms. The maximum absolute atomic E-state index is 12.1. The molecule has 1 aliphatic rings.